The second-order valence-corrected chi connectivity index (χ2v) is 9.99. The molecule has 2 aromatic carbocycles. The van der Waals surface area contributed by atoms with E-state index in [4.69, 9.17) is 9.47 Å². The van der Waals surface area contributed by atoms with Crippen LogP contribution in [-0.2, 0) is 11.8 Å². The third-order valence-corrected chi connectivity index (χ3v) is 8.93. The number of hydrogen-bond donors (Lipinski definition) is 0. The quantitative estimate of drug-likeness (QED) is 0.686. The number of ether oxygens (including phenoxy) is 2. The summed E-state index contributed by atoms with van der Waals surface area (Å²) in [6.45, 7) is 0.992. The van der Waals surface area contributed by atoms with E-state index in [0.717, 1.165) is 43.7 Å². The summed E-state index contributed by atoms with van der Waals surface area (Å²) in [6.07, 6.45) is 3.53. The number of carbonyl (C=O) groups is 2. The normalized spacial score (nSPS) is 34.2. The van der Waals surface area contributed by atoms with Gasteiger partial charge >= 0.3 is 0 Å². The summed E-state index contributed by atoms with van der Waals surface area (Å²) in [5, 5.41) is 0. The number of imide groups is 1. The van der Waals surface area contributed by atoms with Crippen LogP contribution in [-0.4, -0.2) is 60.5 Å². The highest BCUT2D eigenvalue weighted by atomic mass is 16.5. The van der Waals surface area contributed by atoms with Gasteiger partial charge in [-0.15, -0.1) is 0 Å². The van der Waals surface area contributed by atoms with Gasteiger partial charge in [-0.05, 0) is 69.0 Å². The van der Waals surface area contributed by atoms with Gasteiger partial charge in [0.1, 0.15) is 6.10 Å². The molecule has 7 rings (SSSR count). The van der Waals surface area contributed by atoms with Gasteiger partial charge in [0.15, 0.2) is 11.5 Å². The van der Waals surface area contributed by atoms with Crippen LogP contribution in [0.4, 0.5) is 0 Å². The van der Waals surface area contributed by atoms with Crippen LogP contribution in [0, 0.1) is 5.92 Å². The lowest BCUT2D eigenvalue weighted by Gasteiger charge is -2.59. The highest BCUT2D eigenvalue weighted by molar-refractivity contribution is 6.21. The SMILES string of the molecule is COc1ccc2c3c1OC1C(N4C(=O)c5ccccc5C4=O)CC[C@H]4[C@@H](C2)N(C)CC[C@]314. The predicted molar refractivity (Wildman–Crippen MR) is 117 cm³/mol. The number of carbonyl (C=O) groups excluding carboxylic acids is 2. The minimum atomic E-state index is -0.272. The molecule has 2 fully saturated rings. The zero-order valence-corrected chi connectivity index (χ0v) is 18.3. The van der Waals surface area contributed by atoms with Crippen molar-refractivity contribution in [3.8, 4) is 11.5 Å². The standard InChI is InChI=1S/C26H26N2O4/c1-27-12-11-26-17-8-9-18(28-24(29)15-5-3-4-6-16(15)25(28)30)23(26)32-22-20(31-2)10-7-14(21(22)26)13-19(17)27/h3-7,10,17-19,23H,8-9,11-13H2,1-2H3/t17-,18?,19+,23?,26-/m0/s1. The van der Waals surface area contributed by atoms with Crippen molar-refractivity contribution in [1.29, 1.82) is 0 Å². The third-order valence-electron chi connectivity index (χ3n) is 8.93. The summed E-state index contributed by atoms with van der Waals surface area (Å²) >= 11 is 0. The first-order chi connectivity index (χ1) is 15.6. The van der Waals surface area contributed by atoms with Crippen LogP contribution in [0.1, 0.15) is 51.1 Å². The van der Waals surface area contributed by atoms with Crippen LogP contribution < -0.4 is 9.47 Å². The number of amides is 2. The maximum absolute atomic E-state index is 13.4. The number of benzene rings is 2. The molecule has 2 unspecified atom stereocenters. The molecule has 6 nitrogen and oxygen atoms in total. The van der Waals surface area contributed by atoms with Crippen molar-refractivity contribution in [3.63, 3.8) is 0 Å². The van der Waals surface area contributed by atoms with Crippen LogP contribution in [0.25, 0.3) is 0 Å². The molecular formula is C26H26N2O4. The van der Waals surface area contributed by atoms with Crippen molar-refractivity contribution >= 4 is 11.8 Å². The van der Waals surface area contributed by atoms with Crippen molar-refractivity contribution in [2.75, 3.05) is 20.7 Å². The number of piperidine rings is 1. The van der Waals surface area contributed by atoms with Gasteiger partial charge in [0.2, 0.25) is 0 Å². The molecule has 2 aromatic rings. The first kappa shape index (κ1) is 18.7. The average Bonchev–Trinajstić information content (AvgIpc) is 3.29. The Labute approximate surface area is 187 Å². The van der Waals surface area contributed by atoms with E-state index in [-0.39, 0.29) is 29.4 Å². The summed E-state index contributed by atoms with van der Waals surface area (Å²) in [5.74, 6) is 1.68. The Balaban J connectivity index is 1.40. The molecule has 164 valence electrons. The molecule has 3 heterocycles. The van der Waals surface area contributed by atoms with Crippen molar-refractivity contribution in [1.82, 2.24) is 9.80 Å². The largest absolute Gasteiger partial charge is 0.493 e. The van der Waals surface area contributed by atoms with E-state index >= 15 is 0 Å². The number of methoxy groups -OCH3 is 1. The second-order valence-electron chi connectivity index (χ2n) is 9.99. The molecular weight excluding hydrogens is 404 g/mol. The Morgan fingerprint density at radius 3 is 2.50 bits per heavy atom. The van der Waals surface area contributed by atoms with Crippen LogP contribution in [0.2, 0.25) is 0 Å². The fraction of sp³-hybridized carbons (Fsp3) is 0.462. The second kappa shape index (κ2) is 6.13. The Morgan fingerprint density at radius 2 is 1.78 bits per heavy atom. The van der Waals surface area contributed by atoms with E-state index in [1.54, 1.807) is 19.2 Å². The van der Waals surface area contributed by atoms with Gasteiger partial charge in [-0.2, -0.15) is 0 Å². The smallest absolute Gasteiger partial charge is 0.261 e. The van der Waals surface area contributed by atoms with Crippen molar-refractivity contribution in [2.24, 2.45) is 5.92 Å². The van der Waals surface area contributed by atoms with E-state index in [1.807, 2.05) is 18.2 Å². The van der Waals surface area contributed by atoms with E-state index in [9.17, 15) is 9.59 Å². The Hall–Kier alpha value is -2.86. The van der Waals surface area contributed by atoms with Gasteiger partial charge in [-0.1, -0.05) is 18.2 Å². The highest BCUT2D eigenvalue weighted by Gasteiger charge is 2.67. The summed E-state index contributed by atoms with van der Waals surface area (Å²) in [5.41, 5.74) is 3.47. The fourth-order valence-corrected chi connectivity index (χ4v) is 7.63. The molecule has 5 aliphatic rings. The Morgan fingerprint density at radius 1 is 1.03 bits per heavy atom. The molecule has 32 heavy (non-hydrogen) atoms. The lowest BCUT2D eigenvalue weighted by molar-refractivity contribution is -0.0716. The van der Waals surface area contributed by atoms with Gasteiger partial charge in [0, 0.05) is 17.0 Å². The minimum absolute atomic E-state index is 0.174. The van der Waals surface area contributed by atoms with Crippen molar-refractivity contribution in [3.05, 3.63) is 58.7 Å². The summed E-state index contributed by atoms with van der Waals surface area (Å²) in [7, 11) is 3.91. The minimum Gasteiger partial charge on any atom is -0.493 e. The third kappa shape index (κ3) is 2.01. The summed E-state index contributed by atoms with van der Waals surface area (Å²) < 4.78 is 12.5. The van der Waals surface area contributed by atoms with E-state index < -0.39 is 0 Å². The topological polar surface area (TPSA) is 59.1 Å². The molecule has 1 saturated carbocycles. The number of hydrogen-bond acceptors (Lipinski definition) is 5. The molecule has 1 spiro atoms. The number of nitrogens with zero attached hydrogens (tertiary/aromatic N) is 2. The van der Waals surface area contributed by atoms with Crippen molar-refractivity contribution < 1.29 is 19.1 Å². The zero-order chi connectivity index (χ0) is 21.8. The molecule has 0 radical (unpaired) electrons. The molecule has 0 N–H and O–H groups in total. The molecule has 2 amide bonds. The maximum Gasteiger partial charge on any atom is 0.261 e. The predicted octanol–water partition coefficient (Wildman–Crippen LogP) is 3.03. The monoisotopic (exact) mass is 430 g/mol. The van der Waals surface area contributed by atoms with Gasteiger partial charge < -0.3 is 14.4 Å². The van der Waals surface area contributed by atoms with Crippen LogP contribution in [0.5, 0.6) is 11.5 Å². The first-order valence-electron chi connectivity index (χ1n) is 11.6. The van der Waals surface area contributed by atoms with E-state index in [1.165, 1.54) is 16.0 Å². The molecule has 5 atom stereocenters. The molecule has 3 aliphatic heterocycles. The number of rotatable bonds is 2. The number of likely N-dealkylation sites (tertiary alicyclic amines) is 1. The molecule has 2 bridgehead atoms. The lowest BCUT2D eigenvalue weighted by Crippen LogP contribution is -2.68. The van der Waals surface area contributed by atoms with Gasteiger partial charge in [-0.25, -0.2) is 0 Å². The van der Waals surface area contributed by atoms with E-state index in [0.29, 0.717) is 23.1 Å². The van der Waals surface area contributed by atoms with Crippen LogP contribution in [0.15, 0.2) is 36.4 Å². The molecule has 2 aliphatic carbocycles. The van der Waals surface area contributed by atoms with Gasteiger partial charge in [-0.3, -0.25) is 14.5 Å². The van der Waals surface area contributed by atoms with Crippen LogP contribution in [0.3, 0.4) is 0 Å². The fourth-order valence-electron chi connectivity index (χ4n) is 7.63. The summed E-state index contributed by atoms with van der Waals surface area (Å²) in [4.78, 5) is 30.8. The Kier molecular flexibility index (Phi) is 3.58. The molecule has 6 heteroatoms. The van der Waals surface area contributed by atoms with Crippen LogP contribution >= 0.6 is 0 Å². The van der Waals surface area contributed by atoms with Gasteiger partial charge in [0.25, 0.3) is 11.8 Å². The summed E-state index contributed by atoms with van der Waals surface area (Å²) in [6, 6.07) is 11.6. The molecule has 0 aromatic heterocycles. The molecule has 1 saturated heterocycles. The first-order valence-corrected chi connectivity index (χ1v) is 11.6. The van der Waals surface area contributed by atoms with Gasteiger partial charge in [0.05, 0.1) is 24.3 Å². The number of likely N-dealkylation sites (N-methyl/N-ethyl adjacent to an activating group) is 1. The highest BCUT2D eigenvalue weighted by Crippen LogP contribution is 2.64. The maximum atomic E-state index is 13.4. The Bertz CT molecular complexity index is 1160. The van der Waals surface area contributed by atoms with E-state index in [2.05, 4.69) is 18.0 Å². The number of fused-ring (bicyclic) bond motifs is 1. The average molecular weight is 431 g/mol. The lowest BCUT2D eigenvalue weighted by atomic mass is 9.51. The van der Waals surface area contributed by atoms with Crippen molar-refractivity contribution in [2.45, 2.75) is 49.3 Å². The zero-order valence-electron chi connectivity index (χ0n) is 18.3.